The molecular weight excluding hydrogens is 406 g/mol. The third-order valence-corrected chi connectivity index (χ3v) is 5.04. The number of anilines is 4. The molecule has 0 fully saturated rings. The molecule has 0 spiro atoms. The van der Waals surface area contributed by atoms with E-state index in [9.17, 15) is 14.4 Å². The fourth-order valence-corrected chi connectivity index (χ4v) is 3.39. The summed E-state index contributed by atoms with van der Waals surface area (Å²) in [5, 5.41) is 8.61. The van der Waals surface area contributed by atoms with E-state index in [1.165, 1.54) is 0 Å². The van der Waals surface area contributed by atoms with Gasteiger partial charge in [0.2, 0.25) is 17.8 Å². The van der Waals surface area contributed by atoms with Gasteiger partial charge in [0.25, 0.3) is 5.56 Å². The van der Waals surface area contributed by atoms with Gasteiger partial charge in [-0.2, -0.15) is 4.98 Å². The van der Waals surface area contributed by atoms with Gasteiger partial charge in [-0.3, -0.25) is 19.4 Å². The lowest BCUT2D eigenvalue weighted by Crippen LogP contribution is -2.36. The molecule has 1 aliphatic heterocycles. The highest BCUT2D eigenvalue weighted by molar-refractivity contribution is 6.33. The average Bonchev–Trinajstić information content (AvgIpc) is 2.70. The number of amides is 2. The van der Waals surface area contributed by atoms with Crippen LogP contribution in [0.4, 0.5) is 23.1 Å². The standard InChI is InChI=1S/C21H18ClN5O3/c1-11-6-8-12(9-7-11)23-21-26-18-17(20(30)27-21)13(10-16(28)25-18)19(29)24-15-5-3-2-4-14(15)22/h2-9,13H,10H2,1H3,(H,24,29)(H3,23,25,26,27,28,30). The summed E-state index contributed by atoms with van der Waals surface area (Å²) in [5.41, 5.74) is 1.81. The molecule has 0 saturated heterocycles. The number of aromatic nitrogens is 2. The first-order chi connectivity index (χ1) is 14.4. The number of aromatic amines is 1. The molecule has 1 aromatic heterocycles. The molecule has 152 valence electrons. The second-order valence-corrected chi connectivity index (χ2v) is 7.35. The molecule has 4 N–H and O–H groups in total. The predicted octanol–water partition coefficient (Wildman–Crippen LogP) is 3.54. The Morgan fingerprint density at radius 1 is 1.13 bits per heavy atom. The van der Waals surface area contributed by atoms with Crippen LogP contribution in [0, 0.1) is 6.92 Å². The van der Waals surface area contributed by atoms with Gasteiger partial charge in [0.15, 0.2) is 0 Å². The Hall–Kier alpha value is -3.65. The van der Waals surface area contributed by atoms with Gasteiger partial charge in [-0.15, -0.1) is 0 Å². The van der Waals surface area contributed by atoms with Crippen molar-refractivity contribution < 1.29 is 9.59 Å². The topological polar surface area (TPSA) is 116 Å². The molecular formula is C21H18ClN5O3. The fourth-order valence-electron chi connectivity index (χ4n) is 3.21. The van der Waals surface area contributed by atoms with E-state index in [0.29, 0.717) is 10.7 Å². The van der Waals surface area contributed by atoms with Crippen molar-refractivity contribution in [3.63, 3.8) is 0 Å². The molecule has 3 aromatic rings. The van der Waals surface area contributed by atoms with Crippen molar-refractivity contribution in [2.24, 2.45) is 0 Å². The first kappa shape index (κ1) is 19.7. The Morgan fingerprint density at radius 2 is 1.87 bits per heavy atom. The van der Waals surface area contributed by atoms with Crippen LogP contribution in [0.15, 0.2) is 53.3 Å². The van der Waals surface area contributed by atoms with E-state index in [1.54, 1.807) is 24.3 Å². The summed E-state index contributed by atoms with van der Waals surface area (Å²) in [6.45, 7) is 1.96. The van der Waals surface area contributed by atoms with Crippen molar-refractivity contribution in [2.75, 3.05) is 16.0 Å². The number of fused-ring (bicyclic) bond motifs is 1. The second kappa shape index (κ2) is 8.00. The van der Waals surface area contributed by atoms with Crippen molar-refractivity contribution in [3.05, 3.63) is 75.0 Å². The lowest BCUT2D eigenvalue weighted by Gasteiger charge is -2.23. The van der Waals surface area contributed by atoms with E-state index in [4.69, 9.17) is 11.6 Å². The van der Waals surface area contributed by atoms with Crippen LogP contribution >= 0.6 is 11.6 Å². The molecule has 0 aliphatic carbocycles. The van der Waals surface area contributed by atoms with Crippen LogP contribution in [0.3, 0.4) is 0 Å². The monoisotopic (exact) mass is 423 g/mol. The van der Waals surface area contributed by atoms with E-state index >= 15 is 0 Å². The van der Waals surface area contributed by atoms with Gasteiger partial charge in [-0.1, -0.05) is 41.4 Å². The van der Waals surface area contributed by atoms with Crippen molar-refractivity contribution in [3.8, 4) is 0 Å². The SMILES string of the molecule is Cc1ccc(Nc2nc3c(c(=O)[nH]2)C(C(=O)Nc2ccccc2Cl)CC(=O)N3)cc1. The van der Waals surface area contributed by atoms with Crippen LogP contribution in [-0.2, 0) is 9.59 Å². The Kier molecular flexibility index (Phi) is 5.24. The number of rotatable bonds is 4. The molecule has 2 amide bonds. The molecule has 4 rings (SSSR count). The van der Waals surface area contributed by atoms with Crippen LogP contribution < -0.4 is 21.5 Å². The van der Waals surface area contributed by atoms with E-state index in [0.717, 1.165) is 11.3 Å². The van der Waals surface area contributed by atoms with Gasteiger partial charge >= 0.3 is 0 Å². The van der Waals surface area contributed by atoms with E-state index in [2.05, 4.69) is 25.9 Å². The number of carbonyl (C=O) groups excluding carboxylic acids is 2. The molecule has 9 heteroatoms. The molecule has 0 radical (unpaired) electrons. The number of hydrogen-bond donors (Lipinski definition) is 4. The molecule has 2 heterocycles. The highest BCUT2D eigenvalue weighted by Crippen LogP contribution is 2.31. The number of halogens is 1. The molecule has 2 aromatic carbocycles. The van der Waals surface area contributed by atoms with Crippen molar-refractivity contribution in [1.82, 2.24) is 9.97 Å². The largest absolute Gasteiger partial charge is 0.326 e. The summed E-state index contributed by atoms with van der Waals surface area (Å²) in [4.78, 5) is 44.7. The van der Waals surface area contributed by atoms with Crippen LogP contribution in [0.1, 0.15) is 23.5 Å². The van der Waals surface area contributed by atoms with E-state index in [-0.39, 0.29) is 23.8 Å². The van der Waals surface area contributed by atoms with E-state index < -0.39 is 23.3 Å². The number of carbonyl (C=O) groups is 2. The number of hydrogen-bond acceptors (Lipinski definition) is 5. The van der Waals surface area contributed by atoms with Crippen LogP contribution in [0.25, 0.3) is 0 Å². The van der Waals surface area contributed by atoms with E-state index in [1.807, 2.05) is 31.2 Å². The highest BCUT2D eigenvalue weighted by Gasteiger charge is 2.35. The number of benzene rings is 2. The Balaban J connectivity index is 1.64. The smallest absolute Gasteiger partial charge is 0.258 e. The third kappa shape index (κ3) is 4.04. The van der Waals surface area contributed by atoms with Gasteiger partial charge in [-0.05, 0) is 31.2 Å². The first-order valence-corrected chi connectivity index (χ1v) is 9.61. The Labute approximate surface area is 176 Å². The zero-order valence-corrected chi connectivity index (χ0v) is 16.7. The number of aryl methyl sites for hydroxylation is 1. The maximum absolute atomic E-state index is 12.8. The molecule has 0 bridgehead atoms. The predicted molar refractivity (Wildman–Crippen MR) is 115 cm³/mol. The first-order valence-electron chi connectivity index (χ1n) is 9.24. The van der Waals surface area contributed by atoms with Crippen LogP contribution in [0.5, 0.6) is 0 Å². The van der Waals surface area contributed by atoms with Crippen molar-refractivity contribution in [1.29, 1.82) is 0 Å². The van der Waals surface area contributed by atoms with Gasteiger partial charge in [-0.25, -0.2) is 0 Å². The number of nitrogens with zero attached hydrogens (tertiary/aromatic N) is 1. The third-order valence-electron chi connectivity index (χ3n) is 4.71. The second-order valence-electron chi connectivity index (χ2n) is 6.94. The molecule has 1 aliphatic rings. The zero-order chi connectivity index (χ0) is 21.3. The molecule has 0 saturated carbocycles. The summed E-state index contributed by atoms with van der Waals surface area (Å²) in [6.07, 6.45) is -0.168. The van der Waals surface area contributed by atoms with Gasteiger partial charge in [0.05, 0.1) is 22.2 Å². The maximum atomic E-state index is 12.8. The Morgan fingerprint density at radius 3 is 2.60 bits per heavy atom. The lowest BCUT2D eigenvalue weighted by molar-refractivity contribution is -0.123. The quantitative estimate of drug-likeness (QED) is 0.512. The normalized spacial score (nSPS) is 15.1. The number of para-hydroxylation sites is 1. The lowest BCUT2D eigenvalue weighted by atomic mass is 9.92. The minimum Gasteiger partial charge on any atom is -0.326 e. The summed E-state index contributed by atoms with van der Waals surface area (Å²) in [7, 11) is 0. The highest BCUT2D eigenvalue weighted by atomic mass is 35.5. The number of H-pyrrole nitrogens is 1. The van der Waals surface area contributed by atoms with Crippen molar-refractivity contribution >= 4 is 46.6 Å². The summed E-state index contributed by atoms with van der Waals surface area (Å²) < 4.78 is 0. The van der Waals surface area contributed by atoms with Crippen LogP contribution in [0.2, 0.25) is 5.02 Å². The minimum absolute atomic E-state index is 0.0592. The average molecular weight is 424 g/mol. The van der Waals surface area contributed by atoms with Crippen molar-refractivity contribution in [2.45, 2.75) is 19.3 Å². The molecule has 30 heavy (non-hydrogen) atoms. The van der Waals surface area contributed by atoms with Gasteiger partial charge in [0, 0.05) is 12.1 Å². The molecule has 1 unspecified atom stereocenters. The Bertz CT molecular complexity index is 1190. The summed E-state index contributed by atoms with van der Waals surface area (Å²) >= 11 is 6.09. The van der Waals surface area contributed by atoms with Crippen LogP contribution in [-0.4, -0.2) is 21.8 Å². The van der Waals surface area contributed by atoms with Gasteiger partial charge < -0.3 is 16.0 Å². The summed E-state index contributed by atoms with van der Waals surface area (Å²) in [6, 6.07) is 14.2. The van der Waals surface area contributed by atoms with Gasteiger partial charge in [0.1, 0.15) is 5.82 Å². The fraction of sp³-hybridized carbons (Fsp3) is 0.143. The zero-order valence-electron chi connectivity index (χ0n) is 16.0. The maximum Gasteiger partial charge on any atom is 0.258 e. The summed E-state index contributed by atoms with van der Waals surface area (Å²) in [5.74, 6) is -1.68. The minimum atomic E-state index is -0.991. The molecule has 8 nitrogen and oxygen atoms in total. The molecule has 1 atom stereocenters. The number of nitrogens with one attached hydrogen (secondary N) is 4.